The summed E-state index contributed by atoms with van der Waals surface area (Å²) in [5.41, 5.74) is 1.73. The number of aliphatic carboxylic acids is 1. The molecule has 2 aromatic rings. The Morgan fingerprint density at radius 1 is 1.12 bits per heavy atom. The predicted octanol–water partition coefficient (Wildman–Crippen LogP) is 2.63. The molecule has 6 heteroatoms. The Hall–Kier alpha value is -2.76. The number of carboxylic acids is 1. The first-order chi connectivity index (χ1) is 11.4. The van der Waals surface area contributed by atoms with Gasteiger partial charge >= 0.3 is 5.97 Å². The van der Waals surface area contributed by atoms with Gasteiger partial charge in [0.2, 0.25) is 5.91 Å². The molecule has 4 nitrogen and oxygen atoms in total. The predicted molar refractivity (Wildman–Crippen MR) is 84.5 cm³/mol. The summed E-state index contributed by atoms with van der Waals surface area (Å²) in [7, 11) is 0. The third kappa shape index (κ3) is 4.62. The number of halogens is 2. The van der Waals surface area contributed by atoms with Gasteiger partial charge in [0.1, 0.15) is 17.7 Å². The SMILES string of the molecule is Cc1ccccc1C[C@H](NC(=O)Cc1ccc(F)cc1F)C(=O)O. The Balaban J connectivity index is 2.06. The van der Waals surface area contributed by atoms with E-state index in [4.69, 9.17) is 0 Å². The first-order valence-electron chi connectivity index (χ1n) is 7.37. The molecule has 1 atom stereocenters. The van der Waals surface area contributed by atoms with Gasteiger partial charge in [-0.3, -0.25) is 4.79 Å². The van der Waals surface area contributed by atoms with Crippen molar-refractivity contribution in [1.82, 2.24) is 5.32 Å². The van der Waals surface area contributed by atoms with E-state index in [0.717, 1.165) is 17.2 Å². The van der Waals surface area contributed by atoms with E-state index in [2.05, 4.69) is 5.32 Å². The van der Waals surface area contributed by atoms with Crippen LogP contribution in [0.15, 0.2) is 42.5 Å². The van der Waals surface area contributed by atoms with Crippen molar-refractivity contribution >= 4 is 11.9 Å². The quantitative estimate of drug-likeness (QED) is 0.854. The number of hydrogen-bond acceptors (Lipinski definition) is 2. The van der Waals surface area contributed by atoms with Crippen molar-refractivity contribution in [2.75, 3.05) is 0 Å². The van der Waals surface area contributed by atoms with Gasteiger partial charge in [0, 0.05) is 12.5 Å². The van der Waals surface area contributed by atoms with Gasteiger partial charge in [-0.25, -0.2) is 13.6 Å². The molecule has 0 bridgehead atoms. The highest BCUT2D eigenvalue weighted by Gasteiger charge is 2.21. The van der Waals surface area contributed by atoms with E-state index in [0.29, 0.717) is 6.07 Å². The number of amides is 1. The summed E-state index contributed by atoms with van der Waals surface area (Å²) in [5.74, 6) is -3.39. The van der Waals surface area contributed by atoms with Crippen LogP contribution in [0.3, 0.4) is 0 Å². The minimum absolute atomic E-state index is 0.00827. The lowest BCUT2D eigenvalue weighted by molar-refractivity contribution is -0.141. The number of carboxylic acid groups (broad SMARTS) is 1. The third-order valence-electron chi connectivity index (χ3n) is 3.68. The average molecular weight is 333 g/mol. The van der Waals surface area contributed by atoms with Gasteiger partial charge in [0.15, 0.2) is 0 Å². The molecule has 0 saturated carbocycles. The van der Waals surface area contributed by atoms with Crippen molar-refractivity contribution in [2.24, 2.45) is 0 Å². The molecule has 24 heavy (non-hydrogen) atoms. The molecule has 2 rings (SSSR count). The zero-order valence-electron chi connectivity index (χ0n) is 13.1. The van der Waals surface area contributed by atoms with E-state index in [1.807, 2.05) is 19.1 Å². The standard InChI is InChI=1S/C18H17F2NO3/c1-11-4-2-3-5-12(11)8-16(18(23)24)21-17(22)9-13-6-7-14(19)10-15(13)20/h2-7,10,16H,8-9H2,1H3,(H,21,22)(H,23,24)/t16-/m0/s1. The molecule has 0 radical (unpaired) electrons. The number of benzene rings is 2. The summed E-state index contributed by atoms with van der Waals surface area (Å²) in [6.07, 6.45) is -0.233. The minimum Gasteiger partial charge on any atom is -0.480 e. The number of carbonyl (C=O) groups excluding carboxylic acids is 1. The largest absolute Gasteiger partial charge is 0.480 e. The minimum atomic E-state index is -1.17. The fourth-order valence-electron chi connectivity index (χ4n) is 2.34. The number of carbonyl (C=O) groups is 2. The molecule has 2 aromatic carbocycles. The van der Waals surface area contributed by atoms with Crippen LogP contribution >= 0.6 is 0 Å². The molecule has 0 fully saturated rings. The van der Waals surface area contributed by atoms with Crippen molar-refractivity contribution in [3.63, 3.8) is 0 Å². The molecule has 0 unspecified atom stereocenters. The maximum Gasteiger partial charge on any atom is 0.326 e. The zero-order valence-corrected chi connectivity index (χ0v) is 13.1. The highest BCUT2D eigenvalue weighted by molar-refractivity contribution is 5.85. The number of hydrogen-bond donors (Lipinski definition) is 2. The van der Waals surface area contributed by atoms with Gasteiger partial charge in [-0.05, 0) is 29.7 Å². The normalized spacial score (nSPS) is 11.8. The van der Waals surface area contributed by atoms with Crippen LogP contribution in [0.1, 0.15) is 16.7 Å². The van der Waals surface area contributed by atoms with Crippen LogP contribution < -0.4 is 5.32 Å². The topological polar surface area (TPSA) is 66.4 Å². The fraction of sp³-hybridized carbons (Fsp3) is 0.222. The summed E-state index contributed by atoms with van der Waals surface area (Å²) >= 11 is 0. The molecule has 0 aromatic heterocycles. The second kappa shape index (κ2) is 7.68. The molecule has 0 aliphatic carbocycles. The van der Waals surface area contributed by atoms with E-state index >= 15 is 0 Å². The van der Waals surface area contributed by atoms with Gasteiger partial charge < -0.3 is 10.4 Å². The fourth-order valence-corrected chi connectivity index (χ4v) is 2.34. The summed E-state index contributed by atoms with van der Waals surface area (Å²) < 4.78 is 26.4. The van der Waals surface area contributed by atoms with E-state index in [9.17, 15) is 23.5 Å². The number of aryl methyl sites for hydroxylation is 1. The zero-order chi connectivity index (χ0) is 17.7. The molecule has 1 amide bonds. The van der Waals surface area contributed by atoms with Crippen molar-refractivity contribution in [2.45, 2.75) is 25.8 Å². The van der Waals surface area contributed by atoms with Gasteiger partial charge in [-0.1, -0.05) is 30.3 Å². The van der Waals surface area contributed by atoms with Crippen molar-refractivity contribution < 1.29 is 23.5 Å². The lowest BCUT2D eigenvalue weighted by atomic mass is 10.0. The van der Waals surface area contributed by atoms with Gasteiger partial charge in [-0.2, -0.15) is 0 Å². The monoisotopic (exact) mass is 333 g/mol. The Morgan fingerprint density at radius 2 is 1.83 bits per heavy atom. The van der Waals surface area contributed by atoms with E-state index in [-0.39, 0.29) is 18.4 Å². The molecular formula is C18H17F2NO3. The van der Waals surface area contributed by atoms with Crippen LogP contribution in [0.25, 0.3) is 0 Å². The molecule has 126 valence electrons. The van der Waals surface area contributed by atoms with E-state index in [1.165, 1.54) is 6.07 Å². The number of nitrogens with one attached hydrogen (secondary N) is 1. The molecule has 0 aliphatic rings. The Labute approximate surface area is 138 Å². The second-order valence-electron chi connectivity index (χ2n) is 5.50. The van der Waals surface area contributed by atoms with Crippen LogP contribution in [0, 0.1) is 18.6 Å². The van der Waals surface area contributed by atoms with Gasteiger partial charge in [-0.15, -0.1) is 0 Å². The lowest BCUT2D eigenvalue weighted by Gasteiger charge is -2.16. The maximum atomic E-state index is 13.6. The van der Waals surface area contributed by atoms with Crippen LogP contribution in [0.5, 0.6) is 0 Å². The molecular weight excluding hydrogens is 316 g/mol. The smallest absolute Gasteiger partial charge is 0.326 e. The summed E-state index contributed by atoms with van der Waals surface area (Å²) in [5, 5.41) is 11.7. The molecule has 0 spiro atoms. The Kier molecular flexibility index (Phi) is 5.63. The van der Waals surface area contributed by atoms with Crippen LogP contribution in [-0.2, 0) is 22.4 Å². The Bertz CT molecular complexity index is 762. The van der Waals surface area contributed by atoms with E-state index in [1.54, 1.807) is 12.1 Å². The molecule has 0 aliphatic heterocycles. The summed E-state index contributed by atoms with van der Waals surface area (Å²) in [4.78, 5) is 23.4. The number of rotatable bonds is 6. The highest BCUT2D eigenvalue weighted by atomic mass is 19.1. The second-order valence-corrected chi connectivity index (χ2v) is 5.50. The first kappa shape index (κ1) is 17.6. The lowest BCUT2D eigenvalue weighted by Crippen LogP contribution is -2.43. The highest BCUT2D eigenvalue weighted by Crippen LogP contribution is 2.12. The van der Waals surface area contributed by atoms with Crippen molar-refractivity contribution in [1.29, 1.82) is 0 Å². The maximum absolute atomic E-state index is 13.6. The van der Waals surface area contributed by atoms with E-state index < -0.39 is 29.6 Å². The third-order valence-corrected chi connectivity index (χ3v) is 3.68. The molecule has 0 saturated heterocycles. The Morgan fingerprint density at radius 3 is 2.46 bits per heavy atom. The van der Waals surface area contributed by atoms with Crippen LogP contribution in [0.2, 0.25) is 0 Å². The van der Waals surface area contributed by atoms with Gasteiger partial charge in [0.05, 0.1) is 6.42 Å². The van der Waals surface area contributed by atoms with Crippen LogP contribution in [0.4, 0.5) is 8.78 Å². The summed E-state index contributed by atoms with van der Waals surface area (Å²) in [6, 6.07) is 9.05. The molecule has 0 heterocycles. The van der Waals surface area contributed by atoms with Crippen molar-refractivity contribution in [3.8, 4) is 0 Å². The van der Waals surface area contributed by atoms with Gasteiger partial charge in [0.25, 0.3) is 0 Å². The average Bonchev–Trinajstić information content (AvgIpc) is 2.51. The summed E-state index contributed by atoms with van der Waals surface area (Å²) in [6.45, 7) is 1.85. The molecule has 2 N–H and O–H groups in total. The van der Waals surface area contributed by atoms with Crippen LogP contribution in [-0.4, -0.2) is 23.0 Å². The first-order valence-corrected chi connectivity index (χ1v) is 7.37. The van der Waals surface area contributed by atoms with Crippen molar-refractivity contribution in [3.05, 3.63) is 70.8 Å².